The Labute approximate surface area is 180 Å². The maximum Gasteiger partial charge on any atom is 0.416 e. The maximum atomic E-state index is 13.3. The smallest absolute Gasteiger partial charge is 0.416 e. The zero-order chi connectivity index (χ0) is 22.0. The van der Waals surface area contributed by atoms with Gasteiger partial charge in [-0.05, 0) is 61.7 Å². The number of likely N-dealkylation sites (tertiary alicyclic amines) is 1. The lowest BCUT2D eigenvalue weighted by molar-refractivity contribution is -0.137. The summed E-state index contributed by atoms with van der Waals surface area (Å²) >= 11 is 0. The van der Waals surface area contributed by atoms with Crippen LogP contribution in [0.3, 0.4) is 0 Å². The number of methoxy groups -OCH3 is 1. The van der Waals surface area contributed by atoms with Gasteiger partial charge in [0.1, 0.15) is 5.75 Å². The molecule has 7 heteroatoms. The van der Waals surface area contributed by atoms with Gasteiger partial charge in [-0.2, -0.15) is 13.2 Å². The fraction of sp³-hybridized carbons (Fsp3) is 0.458. The van der Waals surface area contributed by atoms with Gasteiger partial charge < -0.3 is 14.5 Å². The number of rotatable bonds is 5. The number of alkyl halides is 3. The average molecular weight is 432 g/mol. The van der Waals surface area contributed by atoms with Crippen LogP contribution in [0.25, 0.3) is 0 Å². The quantitative estimate of drug-likeness (QED) is 0.699. The summed E-state index contributed by atoms with van der Waals surface area (Å²) in [6.07, 6.45) is -1.25. The number of amides is 1. The van der Waals surface area contributed by atoms with Crippen LogP contribution < -0.4 is 4.74 Å². The van der Waals surface area contributed by atoms with Gasteiger partial charge in [-0.1, -0.05) is 24.3 Å². The first kappa shape index (κ1) is 21.7. The SMILES string of the molecule is COc1cccc2c1CCN(C(=O)Cc1ccc(C(F)(F)F)cc1)C2CN1CCCC1. The molecule has 0 bridgehead atoms. The molecule has 0 aromatic heterocycles. The van der Waals surface area contributed by atoms with Crippen molar-refractivity contribution >= 4 is 5.91 Å². The summed E-state index contributed by atoms with van der Waals surface area (Å²) in [6, 6.07) is 10.8. The predicted octanol–water partition coefficient (Wildman–Crippen LogP) is 4.48. The molecule has 1 atom stereocenters. The average Bonchev–Trinajstić information content (AvgIpc) is 3.26. The summed E-state index contributed by atoms with van der Waals surface area (Å²) in [5, 5.41) is 0. The van der Waals surface area contributed by atoms with E-state index in [0.29, 0.717) is 18.5 Å². The van der Waals surface area contributed by atoms with Gasteiger partial charge in [-0.15, -0.1) is 0 Å². The van der Waals surface area contributed by atoms with Crippen LogP contribution in [0.5, 0.6) is 5.75 Å². The highest BCUT2D eigenvalue weighted by molar-refractivity contribution is 5.80. The highest BCUT2D eigenvalue weighted by atomic mass is 19.4. The Morgan fingerprint density at radius 1 is 1.06 bits per heavy atom. The maximum absolute atomic E-state index is 13.3. The van der Waals surface area contributed by atoms with Crippen molar-refractivity contribution in [2.24, 2.45) is 0 Å². The second-order valence-corrected chi connectivity index (χ2v) is 8.26. The second kappa shape index (κ2) is 8.91. The predicted molar refractivity (Wildman–Crippen MR) is 112 cm³/mol. The zero-order valence-corrected chi connectivity index (χ0v) is 17.6. The van der Waals surface area contributed by atoms with Crippen molar-refractivity contribution in [3.8, 4) is 5.75 Å². The minimum absolute atomic E-state index is 0.0579. The number of ether oxygens (including phenoxy) is 1. The van der Waals surface area contributed by atoms with Crippen LogP contribution in [0.2, 0.25) is 0 Å². The molecule has 4 rings (SSSR count). The molecular weight excluding hydrogens is 405 g/mol. The number of halogens is 3. The number of fused-ring (bicyclic) bond motifs is 1. The highest BCUT2D eigenvalue weighted by Crippen LogP contribution is 2.36. The third kappa shape index (κ3) is 4.71. The van der Waals surface area contributed by atoms with Crippen molar-refractivity contribution < 1.29 is 22.7 Å². The number of hydrogen-bond acceptors (Lipinski definition) is 3. The lowest BCUT2D eigenvalue weighted by atomic mass is 9.90. The first-order valence-corrected chi connectivity index (χ1v) is 10.7. The summed E-state index contributed by atoms with van der Waals surface area (Å²) in [6.45, 7) is 3.39. The van der Waals surface area contributed by atoms with Crippen molar-refractivity contribution in [1.82, 2.24) is 9.80 Å². The molecule has 2 aromatic carbocycles. The van der Waals surface area contributed by atoms with E-state index in [-0.39, 0.29) is 18.4 Å². The van der Waals surface area contributed by atoms with Gasteiger partial charge in [0.25, 0.3) is 0 Å². The Morgan fingerprint density at radius 2 is 1.77 bits per heavy atom. The fourth-order valence-corrected chi connectivity index (χ4v) is 4.70. The Kier molecular flexibility index (Phi) is 6.23. The molecule has 1 amide bonds. The lowest BCUT2D eigenvalue weighted by Crippen LogP contribution is -2.45. The number of carbonyl (C=O) groups excluding carboxylic acids is 1. The molecule has 4 nitrogen and oxygen atoms in total. The second-order valence-electron chi connectivity index (χ2n) is 8.26. The topological polar surface area (TPSA) is 32.8 Å². The first-order valence-electron chi connectivity index (χ1n) is 10.7. The van der Waals surface area contributed by atoms with Crippen LogP contribution in [0.1, 0.15) is 41.1 Å². The molecule has 0 saturated carbocycles. The van der Waals surface area contributed by atoms with Crippen LogP contribution in [0, 0.1) is 0 Å². The number of carbonyl (C=O) groups is 1. The number of hydrogen-bond donors (Lipinski definition) is 0. The van der Waals surface area contributed by atoms with Crippen molar-refractivity contribution in [3.63, 3.8) is 0 Å². The molecule has 0 radical (unpaired) electrons. The van der Waals surface area contributed by atoms with E-state index in [1.54, 1.807) is 7.11 Å². The largest absolute Gasteiger partial charge is 0.496 e. The Morgan fingerprint density at radius 3 is 2.42 bits per heavy atom. The molecule has 31 heavy (non-hydrogen) atoms. The third-order valence-corrected chi connectivity index (χ3v) is 6.31. The van der Waals surface area contributed by atoms with Gasteiger partial charge in [0.2, 0.25) is 5.91 Å². The molecule has 0 N–H and O–H groups in total. The van der Waals surface area contributed by atoms with Gasteiger partial charge in [0, 0.05) is 18.7 Å². The molecule has 2 aliphatic rings. The van der Waals surface area contributed by atoms with Gasteiger partial charge in [0.15, 0.2) is 0 Å². The van der Waals surface area contributed by atoms with Crippen LogP contribution in [-0.2, 0) is 23.8 Å². The molecule has 0 aliphatic carbocycles. The van der Waals surface area contributed by atoms with E-state index in [2.05, 4.69) is 11.0 Å². The third-order valence-electron chi connectivity index (χ3n) is 6.31. The van der Waals surface area contributed by atoms with Crippen molar-refractivity contribution in [1.29, 1.82) is 0 Å². The first-order chi connectivity index (χ1) is 14.9. The summed E-state index contributed by atoms with van der Waals surface area (Å²) in [5.41, 5.74) is 2.15. The Balaban J connectivity index is 1.57. The number of benzene rings is 2. The summed E-state index contributed by atoms with van der Waals surface area (Å²) in [5.74, 6) is 0.788. The Bertz CT molecular complexity index is 921. The molecule has 166 valence electrons. The summed E-state index contributed by atoms with van der Waals surface area (Å²) < 4.78 is 44.0. The van der Waals surface area contributed by atoms with E-state index in [1.807, 2.05) is 17.0 Å². The minimum Gasteiger partial charge on any atom is -0.496 e. The van der Waals surface area contributed by atoms with Gasteiger partial charge in [-0.3, -0.25) is 4.79 Å². The molecule has 1 saturated heterocycles. The monoisotopic (exact) mass is 432 g/mol. The van der Waals surface area contributed by atoms with E-state index in [1.165, 1.54) is 12.1 Å². The lowest BCUT2D eigenvalue weighted by Gasteiger charge is -2.40. The number of nitrogens with zero attached hydrogens (tertiary/aromatic N) is 2. The van der Waals surface area contributed by atoms with Crippen LogP contribution >= 0.6 is 0 Å². The molecule has 2 heterocycles. The van der Waals surface area contributed by atoms with Gasteiger partial charge in [0.05, 0.1) is 25.1 Å². The van der Waals surface area contributed by atoms with E-state index in [0.717, 1.165) is 61.5 Å². The van der Waals surface area contributed by atoms with Crippen LogP contribution in [0.4, 0.5) is 13.2 Å². The minimum atomic E-state index is -4.38. The van der Waals surface area contributed by atoms with Crippen molar-refractivity contribution in [3.05, 3.63) is 64.7 Å². The van der Waals surface area contributed by atoms with Crippen molar-refractivity contribution in [2.45, 2.75) is 37.9 Å². The van der Waals surface area contributed by atoms with Crippen LogP contribution in [0.15, 0.2) is 42.5 Å². The van der Waals surface area contributed by atoms with Crippen LogP contribution in [-0.4, -0.2) is 49.0 Å². The normalized spacial score (nSPS) is 19.4. The molecule has 1 unspecified atom stereocenters. The van der Waals surface area contributed by atoms with E-state index in [9.17, 15) is 18.0 Å². The zero-order valence-electron chi connectivity index (χ0n) is 17.6. The molecule has 2 aromatic rings. The van der Waals surface area contributed by atoms with E-state index >= 15 is 0 Å². The molecule has 0 spiro atoms. The van der Waals surface area contributed by atoms with Crippen molar-refractivity contribution in [2.75, 3.05) is 33.3 Å². The van der Waals surface area contributed by atoms with E-state index in [4.69, 9.17) is 4.74 Å². The molecule has 1 fully saturated rings. The molecular formula is C24H27F3N2O2. The van der Waals surface area contributed by atoms with Gasteiger partial charge >= 0.3 is 6.18 Å². The fourth-order valence-electron chi connectivity index (χ4n) is 4.70. The summed E-state index contributed by atoms with van der Waals surface area (Å²) in [4.78, 5) is 17.5. The van der Waals surface area contributed by atoms with E-state index < -0.39 is 11.7 Å². The highest BCUT2D eigenvalue weighted by Gasteiger charge is 2.34. The standard InChI is InChI=1S/C24H27F3N2O2/c1-31-22-6-4-5-19-20(22)11-14-29(21(19)16-28-12-2-3-13-28)23(30)15-17-7-9-18(10-8-17)24(25,26)27/h4-10,21H,2-3,11-16H2,1H3. The Hall–Kier alpha value is -2.54. The molecule has 2 aliphatic heterocycles. The van der Waals surface area contributed by atoms with Gasteiger partial charge in [-0.25, -0.2) is 0 Å². The summed E-state index contributed by atoms with van der Waals surface area (Å²) in [7, 11) is 1.66.